The molecule has 1 aromatic rings. The Morgan fingerprint density at radius 1 is 1.24 bits per heavy atom. The first-order valence-electron chi connectivity index (χ1n) is 9.77. The van der Waals surface area contributed by atoms with Crippen LogP contribution < -0.4 is 10.6 Å². The summed E-state index contributed by atoms with van der Waals surface area (Å²) in [5.74, 6) is -0.514. The summed E-state index contributed by atoms with van der Waals surface area (Å²) < 4.78 is 26.4. The van der Waals surface area contributed by atoms with Gasteiger partial charge in [0.2, 0.25) is 0 Å². The van der Waals surface area contributed by atoms with Gasteiger partial charge in [-0.15, -0.1) is 0 Å². The zero-order chi connectivity index (χ0) is 21.3. The van der Waals surface area contributed by atoms with E-state index in [9.17, 15) is 18.3 Å². The number of aromatic hydroxyl groups is 1. The van der Waals surface area contributed by atoms with Crippen molar-refractivity contribution in [2.75, 3.05) is 19.4 Å². The lowest BCUT2D eigenvalue weighted by atomic mass is 10.2. The highest BCUT2D eigenvalue weighted by atomic mass is 35.5. The smallest absolute Gasteiger partial charge is 0.319 e. The maximum Gasteiger partial charge on any atom is 0.319 e. The van der Waals surface area contributed by atoms with Gasteiger partial charge in [-0.2, -0.15) is 0 Å². The molecule has 3 atom stereocenters. The quantitative estimate of drug-likeness (QED) is 0.479. The summed E-state index contributed by atoms with van der Waals surface area (Å²) in [7, 11) is 0.00488. The highest BCUT2D eigenvalue weighted by molar-refractivity contribution is 7.92. The molecular formula is C20H28ClN3O4S. The molecule has 3 N–H and O–H groups in total. The summed E-state index contributed by atoms with van der Waals surface area (Å²) in [5, 5.41) is 15.4. The Morgan fingerprint density at radius 3 is 2.55 bits per heavy atom. The van der Waals surface area contributed by atoms with Crippen molar-refractivity contribution >= 4 is 33.2 Å². The molecule has 1 fully saturated rings. The number of benzene rings is 1. The molecule has 0 heterocycles. The highest BCUT2D eigenvalue weighted by Gasteiger charge is 2.39. The topological polar surface area (TPSA) is 98.7 Å². The van der Waals surface area contributed by atoms with Crippen LogP contribution in [0.1, 0.15) is 39.0 Å². The number of urea groups is 1. The Kier molecular flexibility index (Phi) is 6.45. The minimum atomic E-state index is -3.85. The van der Waals surface area contributed by atoms with E-state index >= 15 is 0 Å². The number of hydrogen-bond donors (Lipinski definition) is 3. The second kappa shape index (κ2) is 8.53. The second-order valence-corrected chi connectivity index (χ2v) is 10.6. The molecule has 0 saturated heterocycles. The average Bonchev–Trinajstić information content (AvgIpc) is 3.28. The molecule has 1 unspecified atom stereocenters. The predicted molar refractivity (Wildman–Crippen MR) is 114 cm³/mol. The molecule has 0 aromatic heterocycles. The molecule has 160 valence electrons. The number of nitrogens with one attached hydrogen (secondary N) is 2. The number of amides is 2. The van der Waals surface area contributed by atoms with E-state index in [-0.39, 0.29) is 27.7 Å². The molecule has 2 amide bonds. The minimum Gasteiger partial charge on any atom is -0.504 e. The van der Waals surface area contributed by atoms with E-state index in [1.54, 1.807) is 0 Å². The molecular weight excluding hydrogens is 414 g/mol. The molecule has 29 heavy (non-hydrogen) atoms. The molecule has 2 aliphatic rings. The number of hydrogen-bond acceptors (Lipinski definition) is 5. The Labute approximate surface area is 177 Å². The number of carbonyl (C=O) groups excluding carboxylic acids is 1. The van der Waals surface area contributed by atoms with E-state index < -0.39 is 26.9 Å². The zero-order valence-corrected chi connectivity index (χ0v) is 18.5. The summed E-state index contributed by atoms with van der Waals surface area (Å²) in [6.07, 6.45) is 5.55. The lowest BCUT2D eigenvalue weighted by Gasteiger charge is -2.20. The first-order chi connectivity index (χ1) is 13.6. The lowest BCUT2D eigenvalue weighted by Crippen LogP contribution is -2.37. The predicted octanol–water partition coefficient (Wildman–Crippen LogP) is 3.53. The number of sulfone groups is 1. The van der Waals surface area contributed by atoms with E-state index in [1.807, 2.05) is 25.9 Å². The number of nitrogens with zero attached hydrogens (tertiary/aromatic N) is 1. The zero-order valence-electron chi connectivity index (χ0n) is 16.9. The van der Waals surface area contributed by atoms with E-state index in [0.717, 1.165) is 24.8 Å². The van der Waals surface area contributed by atoms with Crippen molar-refractivity contribution in [2.45, 2.75) is 61.3 Å². The Morgan fingerprint density at radius 2 is 1.97 bits per heavy atom. The van der Waals surface area contributed by atoms with Gasteiger partial charge in [-0.1, -0.05) is 23.3 Å². The number of rotatable bonds is 5. The third-order valence-electron chi connectivity index (χ3n) is 5.92. The van der Waals surface area contributed by atoms with Crippen LogP contribution in [0.2, 0.25) is 5.02 Å². The molecule has 0 radical (unpaired) electrons. The third kappa shape index (κ3) is 4.54. The van der Waals surface area contributed by atoms with Crippen molar-refractivity contribution in [2.24, 2.45) is 0 Å². The average molecular weight is 442 g/mol. The van der Waals surface area contributed by atoms with Gasteiger partial charge in [0.15, 0.2) is 15.6 Å². The van der Waals surface area contributed by atoms with Crippen LogP contribution in [0.5, 0.6) is 5.75 Å². The van der Waals surface area contributed by atoms with Gasteiger partial charge in [-0.3, -0.25) is 0 Å². The molecule has 0 aliphatic heterocycles. The van der Waals surface area contributed by atoms with Crippen LogP contribution in [0.4, 0.5) is 10.5 Å². The van der Waals surface area contributed by atoms with Crippen molar-refractivity contribution in [3.63, 3.8) is 0 Å². The van der Waals surface area contributed by atoms with Crippen LogP contribution in [0, 0.1) is 0 Å². The van der Waals surface area contributed by atoms with Gasteiger partial charge in [-0.25, -0.2) is 13.2 Å². The van der Waals surface area contributed by atoms with Gasteiger partial charge in [0.05, 0.1) is 22.0 Å². The number of carbonyl (C=O) groups is 1. The number of allylic oxidation sites excluding steroid dienone is 1. The summed E-state index contributed by atoms with van der Waals surface area (Å²) in [5.41, 5.74) is 1.10. The first kappa shape index (κ1) is 21.9. The molecule has 0 bridgehead atoms. The van der Waals surface area contributed by atoms with Crippen molar-refractivity contribution < 1.29 is 18.3 Å². The maximum atomic E-state index is 13.2. The van der Waals surface area contributed by atoms with E-state index in [0.29, 0.717) is 12.8 Å². The summed E-state index contributed by atoms with van der Waals surface area (Å²) in [6, 6.07) is 2.41. The number of phenols is 1. The second-order valence-electron chi connectivity index (χ2n) is 8.05. The monoisotopic (exact) mass is 441 g/mol. The fraction of sp³-hybridized carbons (Fsp3) is 0.550. The molecule has 0 spiro atoms. The SMILES string of the molecule is CC1=CCC[C@H]1NC(=O)Nc1ccc(Cl)c(S(=O)(=O)C2CC[C@@H](N(C)C)C2)c1O. The normalized spacial score (nSPS) is 24.6. The first-order valence-corrected chi connectivity index (χ1v) is 11.7. The van der Waals surface area contributed by atoms with Crippen LogP contribution in [-0.4, -0.2) is 55.9 Å². The van der Waals surface area contributed by atoms with Gasteiger partial charge in [0.1, 0.15) is 4.90 Å². The Balaban J connectivity index is 1.81. The Bertz CT molecular complexity index is 930. The van der Waals surface area contributed by atoms with Crippen LogP contribution in [-0.2, 0) is 9.84 Å². The Hall–Kier alpha value is -1.77. The van der Waals surface area contributed by atoms with Crippen molar-refractivity contribution in [1.82, 2.24) is 10.2 Å². The summed E-state index contributed by atoms with van der Waals surface area (Å²) in [6.45, 7) is 1.95. The summed E-state index contributed by atoms with van der Waals surface area (Å²) in [4.78, 5) is 14.0. The largest absolute Gasteiger partial charge is 0.504 e. The molecule has 2 aliphatic carbocycles. The van der Waals surface area contributed by atoms with Gasteiger partial charge in [0, 0.05) is 6.04 Å². The van der Waals surface area contributed by atoms with Crippen LogP contribution in [0.25, 0.3) is 0 Å². The minimum absolute atomic E-state index is 0.0206. The van der Waals surface area contributed by atoms with Crippen molar-refractivity contribution in [3.05, 3.63) is 28.8 Å². The summed E-state index contributed by atoms with van der Waals surface area (Å²) >= 11 is 6.17. The fourth-order valence-corrected chi connectivity index (χ4v) is 6.55. The molecule has 7 nitrogen and oxygen atoms in total. The molecule has 1 saturated carbocycles. The fourth-order valence-electron chi connectivity index (χ4n) is 4.10. The molecule has 1 aromatic carbocycles. The van der Waals surface area contributed by atoms with Crippen molar-refractivity contribution in [1.29, 1.82) is 0 Å². The molecule has 9 heteroatoms. The highest BCUT2D eigenvalue weighted by Crippen LogP contribution is 2.42. The molecule has 3 rings (SSSR count). The van der Waals surface area contributed by atoms with Gasteiger partial charge in [-0.05, 0) is 65.3 Å². The van der Waals surface area contributed by atoms with Gasteiger partial charge in [0.25, 0.3) is 0 Å². The van der Waals surface area contributed by atoms with Gasteiger partial charge < -0.3 is 20.6 Å². The van der Waals surface area contributed by atoms with E-state index in [2.05, 4.69) is 16.7 Å². The van der Waals surface area contributed by atoms with Gasteiger partial charge >= 0.3 is 6.03 Å². The number of anilines is 1. The van der Waals surface area contributed by atoms with E-state index in [1.165, 1.54) is 12.1 Å². The number of halogens is 1. The van der Waals surface area contributed by atoms with Crippen LogP contribution >= 0.6 is 11.6 Å². The third-order valence-corrected chi connectivity index (χ3v) is 8.63. The standard InChI is InChI=1S/C20H28ClN3O4S/c1-12-5-4-6-16(12)22-20(26)23-17-10-9-15(21)19(18(17)25)29(27,28)14-8-7-13(11-14)24(2)3/h5,9-10,13-14,16,25H,4,6-8,11H2,1-3H3,(H2,22,23,26)/t13-,14?,16-/m1/s1. The van der Waals surface area contributed by atoms with Crippen LogP contribution in [0.15, 0.2) is 28.7 Å². The van der Waals surface area contributed by atoms with Crippen LogP contribution in [0.3, 0.4) is 0 Å². The number of phenolic OH excluding ortho intramolecular Hbond substituents is 1. The lowest BCUT2D eigenvalue weighted by molar-refractivity contribution is 0.249. The van der Waals surface area contributed by atoms with Crippen molar-refractivity contribution in [3.8, 4) is 5.75 Å². The maximum absolute atomic E-state index is 13.2. The van der Waals surface area contributed by atoms with E-state index in [4.69, 9.17) is 11.6 Å².